The predicted molar refractivity (Wildman–Crippen MR) is 69.3 cm³/mol. The molecule has 2 N–H and O–H groups in total. The minimum atomic E-state index is -0.625. The van der Waals surface area contributed by atoms with E-state index in [0.29, 0.717) is 11.4 Å². The van der Waals surface area contributed by atoms with Crippen molar-refractivity contribution in [1.82, 2.24) is 19.7 Å². The molecule has 7 heteroatoms. The fourth-order valence-electron chi connectivity index (χ4n) is 1.47. The Bertz CT molecular complexity index is 586. The summed E-state index contributed by atoms with van der Waals surface area (Å²) in [5.74, 6) is 0.285. The van der Waals surface area contributed by atoms with Crippen LogP contribution in [-0.2, 0) is 4.74 Å². The van der Waals surface area contributed by atoms with Gasteiger partial charge in [-0.1, -0.05) is 0 Å². The summed E-state index contributed by atoms with van der Waals surface area (Å²) in [4.78, 5) is 16.1. The van der Waals surface area contributed by atoms with Crippen molar-refractivity contribution < 1.29 is 9.53 Å². The van der Waals surface area contributed by atoms with E-state index in [1.165, 1.54) is 0 Å². The number of aromatic nitrogens is 4. The Morgan fingerprint density at radius 3 is 2.68 bits per heavy atom. The van der Waals surface area contributed by atoms with Crippen molar-refractivity contribution in [2.75, 3.05) is 5.73 Å². The first-order valence-electron chi connectivity index (χ1n) is 5.73. The van der Waals surface area contributed by atoms with Gasteiger partial charge in [-0.05, 0) is 32.9 Å². The molecule has 0 amide bonds. The molecule has 0 aliphatic carbocycles. The quantitative estimate of drug-likeness (QED) is 0.839. The van der Waals surface area contributed by atoms with E-state index in [0.717, 1.165) is 4.57 Å². The van der Waals surface area contributed by atoms with E-state index in [1.54, 1.807) is 45.3 Å². The average Bonchev–Trinajstić information content (AvgIpc) is 2.70. The van der Waals surface area contributed by atoms with E-state index in [4.69, 9.17) is 10.5 Å². The second-order valence-electron chi connectivity index (χ2n) is 4.94. The Hall–Kier alpha value is -2.44. The minimum Gasteiger partial charge on any atom is -0.443 e. The van der Waals surface area contributed by atoms with Crippen LogP contribution in [0.2, 0.25) is 0 Å². The van der Waals surface area contributed by atoms with Crippen LogP contribution < -0.4 is 5.73 Å². The molecule has 0 unspecified atom stereocenters. The molecule has 0 radical (unpaired) electrons. The van der Waals surface area contributed by atoms with Crippen LogP contribution in [0.4, 0.5) is 10.7 Å². The Balaban J connectivity index is 2.42. The third-order valence-electron chi connectivity index (χ3n) is 2.18. The first-order valence-corrected chi connectivity index (χ1v) is 5.73. The highest BCUT2D eigenvalue weighted by Crippen LogP contribution is 2.20. The highest BCUT2D eigenvalue weighted by molar-refractivity contribution is 5.79. The zero-order valence-corrected chi connectivity index (χ0v) is 11.0. The number of anilines is 1. The molecule has 2 heterocycles. The molecule has 0 aromatic carbocycles. The number of hydrogen-bond donors (Lipinski definition) is 1. The Morgan fingerprint density at radius 1 is 1.37 bits per heavy atom. The molecule has 0 atom stereocenters. The standard InChI is InChI=1S/C12H15N5O2/c1-12(2,3)19-11(18)17-9(15-16-10(17)13)8-5-4-6-14-7-8/h4-7H,1-3H3,(H2,13,16). The van der Waals surface area contributed by atoms with Gasteiger partial charge in [0.15, 0.2) is 5.82 Å². The van der Waals surface area contributed by atoms with Gasteiger partial charge >= 0.3 is 6.09 Å². The van der Waals surface area contributed by atoms with Gasteiger partial charge in [0, 0.05) is 18.0 Å². The molecule has 19 heavy (non-hydrogen) atoms. The number of pyridine rings is 1. The van der Waals surface area contributed by atoms with Crippen molar-refractivity contribution in [3.63, 3.8) is 0 Å². The summed E-state index contributed by atoms with van der Waals surface area (Å²) in [6.45, 7) is 5.32. The number of ether oxygens (including phenoxy) is 1. The predicted octanol–water partition coefficient (Wildman–Crippen LogP) is 1.71. The highest BCUT2D eigenvalue weighted by atomic mass is 16.6. The maximum absolute atomic E-state index is 12.1. The van der Waals surface area contributed by atoms with Crippen LogP contribution in [-0.4, -0.2) is 31.4 Å². The van der Waals surface area contributed by atoms with Gasteiger partial charge in [0.1, 0.15) is 5.60 Å². The molecule has 2 rings (SSSR count). The van der Waals surface area contributed by atoms with Gasteiger partial charge in [-0.2, -0.15) is 4.57 Å². The highest BCUT2D eigenvalue weighted by Gasteiger charge is 2.24. The van der Waals surface area contributed by atoms with Crippen molar-refractivity contribution in [2.24, 2.45) is 0 Å². The first kappa shape index (κ1) is 13.0. The lowest BCUT2D eigenvalue weighted by molar-refractivity contribution is 0.0543. The smallest absolute Gasteiger partial charge is 0.423 e. The summed E-state index contributed by atoms with van der Waals surface area (Å²) in [6, 6.07) is 3.50. The molecule has 7 nitrogen and oxygen atoms in total. The molecule has 0 bridgehead atoms. The monoisotopic (exact) mass is 261 g/mol. The Labute approximate surface area is 110 Å². The zero-order chi connectivity index (χ0) is 14.0. The molecule has 0 fully saturated rings. The average molecular weight is 261 g/mol. The number of carbonyl (C=O) groups excluding carboxylic acids is 1. The van der Waals surface area contributed by atoms with Crippen LogP contribution in [0.15, 0.2) is 24.5 Å². The molecule has 0 saturated carbocycles. The summed E-state index contributed by atoms with van der Waals surface area (Å²) in [6.07, 6.45) is 2.58. The lowest BCUT2D eigenvalue weighted by Gasteiger charge is -2.20. The van der Waals surface area contributed by atoms with Crippen LogP contribution in [0.25, 0.3) is 11.4 Å². The van der Waals surface area contributed by atoms with Gasteiger partial charge in [0.2, 0.25) is 5.95 Å². The Morgan fingerprint density at radius 2 is 2.11 bits per heavy atom. The molecular formula is C12H15N5O2. The fourth-order valence-corrected chi connectivity index (χ4v) is 1.47. The van der Waals surface area contributed by atoms with E-state index < -0.39 is 11.7 Å². The van der Waals surface area contributed by atoms with Crippen molar-refractivity contribution >= 4 is 12.0 Å². The number of nitrogens with two attached hydrogens (primary N) is 1. The number of hydrogen-bond acceptors (Lipinski definition) is 6. The maximum atomic E-state index is 12.1. The number of carbonyl (C=O) groups is 1. The maximum Gasteiger partial charge on any atom is 0.423 e. The number of rotatable bonds is 1. The van der Waals surface area contributed by atoms with E-state index in [9.17, 15) is 4.79 Å². The molecule has 0 aliphatic heterocycles. The van der Waals surface area contributed by atoms with Gasteiger partial charge in [0.25, 0.3) is 0 Å². The largest absolute Gasteiger partial charge is 0.443 e. The lowest BCUT2D eigenvalue weighted by Crippen LogP contribution is -2.28. The number of nitrogens with zero attached hydrogens (tertiary/aromatic N) is 4. The van der Waals surface area contributed by atoms with Crippen LogP contribution in [0.1, 0.15) is 20.8 Å². The van der Waals surface area contributed by atoms with Crippen LogP contribution in [0.3, 0.4) is 0 Å². The summed E-state index contributed by atoms with van der Waals surface area (Å²) in [5, 5.41) is 7.59. The van der Waals surface area contributed by atoms with Crippen LogP contribution in [0, 0.1) is 0 Å². The van der Waals surface area contributed by atoms with Gasteiger partial charge in [-0.15, -0.1) is 10.2 Å². The van der Waals surface area contributed by atoms with E-state index in [-0.39, 0.29) is 5.95 Å². The normalized spacial score (nSPS) is 11.3. The Kier molecular flexibility index (Phi) is 3.20. The van der Waals surface area contributed by atoms with Crippen LogP contribution in [0.5, 0.6) is 0 Å². The van der Waals surface area contributed by atoms with E-state index >= 15 is 0 Å². The van der Waals surface area contributed by atoms with Gasteiger partial charge < -0.3 is 10.5 Å². The van der Waals surface area contributed by atoms with Gasteiger partial charge in [-0.25, -0.2) is 4.79 Å². The van der Waals surface area contributed by atoms with E-state index in [2.05, 4.69) is 15.2 Å². The molecule has 0 aliphatic rings. The molecule has 0 spiro atoms. The second kappa shape index (κ2) is 4.68. The first-order chi connectivity index (χ1) is 8.88. The molecule has 100 valence electrons. The molecular weight excluding hydrogens is 246 g/mol. The van der Waals surface area contributed by atoms with Crippen molar-refractivity contribution in [3.8, 4) is 11.4 Å². The summed E-state index contributed by atoms with van der Waals surface area (Å²) in [7, 11) is 0. The number of nitrogen functional groups attached to an aromatic ring is 1. The van der Waals surface area contributed by atoms with Crippen molar-refractivity contribution in [2.45, 2.75) is 26.4 Å². The SMILES string of the molecule is CC(C)(C)OC(=O)n1c(N)nnc1-c1cccnc1. The molecule has 0 saturated heterocycles. The van der Waals surface area contributed by atoms with Crippen molar-refractivity contribution in [1.29, 1.82) is 0 Å². The molecule has 2 aromatic rings. The lowest BCUT2D eigenvalue weighted by atomic mass is 10.2. The third-order valence-corrected chi connectivity index (χ3v) is 2.18. The minimum absolute atomic E-state index is 0.0203. The van der Waals surface area contributed by atoms with Gasteiger partial charge in [0.05, 0.1) is 0 Å². The zero-order valence-electron chi connectivity index (χ0n) is 11.0. The topological polar surface area (TPSA) is 95.9 Å². The third kappa shape index (κ3) is 2.87. The summed E-state index contributed by atoms with van der Waals surface area (Å²) in [5.41, 5.74) is 5.68. The van der Waals surface area contributed by atoms with Crippen molar-refractivity contribution in [3.05, 3.63) is 24.5 Å². The fraction of sp³-hybridized carbons (Fsp3) is 0.333. The summed E-state index contributed by atoms with van der Waals surface area (Å²) < 4.78 is 6.40. The molecule has 2 aromatic heterocycles. The second-order valence-corrected chi connectivity index (χ2v) is 4.94. The van der Waals surface area contributed by atoms with Gasteiger partial charge in [-0.3, -0.25) is 4.98 Å². The van der Waals surface area contributed by atoms with Crippen LogP contribution >= 0.6 is 0 Å². The van der Waals surface area contributed by atoms with E-state index in [1.807, 2.05) is 0 Å². The summed E-state index contributed by atoms with van der Waals surface area (Å²) >= 11 is 0.